The Hall–Kier alpha value is -2.28. The van der Waals surface area contributed by atoms with E-state index in [2.05, 4.69) is 15.3 Å². The van der Waals surface area contributed by atoms with E-state index in [9.17, 15) is 9.90 Å². The van der Waals surface area contributed by atoms with Gasteiger partial charge in [0.05, 0.1) is 16.5 Å². The summed E-state index contributed by atoms with van der Waals surface area (Å²) in [4.78, 5) is 22.0. The number of hydrogen-bond acceptors (Lipinski definition) is 6. The Balaban J connectivity index is 1.50. The molecular weight excluding hydrogens is 394 g/mol. The molecule has 1 aliphatic carbocycles. The number of aromatic nitrogens is 2. The fourth-order valence-electron chi connectivity index (χ4n) is 3.45. The number of aliphatic hydroxyl groups is 1. The van der Waals surface area contributed by atoms with Crippen molar-refractivity contribution in [2.24, 2.45) is 0 Å². The van der Waals surface area contributed by atoms with Gasteiger partial charge in [0.1, 0.15) is 12.1 Å². The highest BCUT2D eigenvalue weighted by Gasteiger charge is 2.25. The molecular formula is C21H20ClN3O2S. The van der Waals surface area contributed by atoms with Gasteiger partial charge in [0.15, 0.2) is 0 Å². The Morgan fingerprint density at radius 3 is 2.82 bits per heavy atom. The Kier molecular flexibility index (Phi) is 5.71. The van der Waals surface area contributed by atoms with Crippen LogP contribution in [-0.4, -0.2) is 33.0 Å². The van der Waals surface area contributed by atoms with E-state index in [1.807, 2.05) is 35.7 Å². The van der Waals surface area contributed by atoms with Gasteiger partial charge in [-0.05, 0) is 60.4 Å². The third-order valence-electron chi connectivity index (χ3n) is 4.90. The molecule has 1 aliphatic rings. The second-order valence-electron chi connectivity index (χ2n) is 7.04. The van der Waals surface area contributed by atoms with Crippen molar-refractivity contribution >= 4 is 34.5 Å². The van der Waals surface area contributed by atoms with Crippen LogP contribution in [0.5, 0.6) is 0 Å². The summed E-state index contributed by atoms with van der Waals surface area (Å²) < 4.78 is 0. The lowest BCUT2D eigenvalue weighted by atomic mass is 10.1. The number of anilines is 1. The quantitative estimate of drug-likeness (QED) is 0.588. The summed E-state index contributed by atoms with van der Waals surface area (Å²) in [6, 6.07) is 9.77. The average Bonchev–Trinajstić information content (AvgIpc) is 3.32. The zero-order valence-corrected chi connectivity index (χ0v) is 16.7. The minimum Gasteiger partial charge on any atom is -0.393 e. The Labute approximate surface area is 172 Å². The van der Waals surface area contributed by atoms with E-state index in [4.69, 9.17) is 11.6 Å². The van der Waals surface area contributed by atoms with Crippen molar-refractivity contribution in [2.75, 3.05) is 5.32 Å². The lowest BCUT2D eigenvalue weighted by Gasteiger charge is -2.14. The zero-order chi connectivity index (χ0) is 19.5. The van der Waals surface area contributed by atoms with Crippen molar-refractivity contribution in [1.82, 2.24) is 9.97 Å². The lowest BCUT2D eigenvalue weighted by molar-refractivity contribution is 0.104. The standard InChI is InChI=1S/C21H20ClN3O2S/c22-15-3-1-13(2-4-15)7-14-8-19(28-11-14)20(27)18-10-23-12-24-21(18)25-16-5-6-17(26)9-16/h1-4,8,10-12,16-17,26H,5-7,9H2,(H,23,24,25)/t16-,17+/m1/s1. The Bertz CT molecular complexity index is 974. The number of benzene rings is 1. The van der Waals surface area contributed by atoms with Gasteiger partial charge < -0.3 is 10.4 Å². The molecule has 3 aromatic rings. The molecule has 144 valence electrons. The maximum absolute atomic E-state index is 13.0. The van der Waals surface area contributed by atoms with Gasteiger partial charge in [-0.2, -0.15) is 0 Å². The van der Waals surface area contributed by atoms with E-state index in [1.165, 1.54) is 17.7 Å². The van der Waals surface area contributed by atoms with Crippen molar-refractivity contribution in [1.29, 1.82) is 0 Å². The molecule has 0 radical (unpaired) electrons. The molecule has 28 heavy (non-hydrogen) atoms. The number of rotatable bonds is 6. The molecule has 7 heteroatoms. The normalized spacial score (nSPS) is 18.9. The lowest BCUT2D eigenvalue weighted by Crippen LogP contribution is -2.20. The van der Waals surface area contributed by atoms with Gasteiger partial charge in [-0.25, -0.2) is 9.97 Å². The minimum atomic E-state index is -0.286. The van der Waals surface area contributed by atoms with Crippen LogP contribution in [0.4, 0.5) is 5.82 Å². The number of ketones is 1. The monoisotopic (exact) mass is 413 g/mol. The average molecular weight is 414 g/mol. The molecule has 2 atom stereocenters. The summed E-state index contributed by atoms with van der Waals surface area (Å²) in [5.74, 6) is 0.445. The summed E-state index contributed by atoms with van der Waals surface area (Å²) in [5.41, 5.74) is 2.69. The first-order valence-corrected chi connectivity index (χ1v) is 10.5. The number of nitrogens with zero attached hydrogens (tertiary/aromatic N) is 2. The molecule has 0 unspecified atom stereocenters. The summed E-state index contributed by atoms with van der Waals surface area (Å²) in [6.45, 7) is 0. The van der Waals surface area contributed by atoms with Crippen molar-refractivity contribution in [3.63, 3.8) is 0 Å². The van der Waals surface area contributed by atoms with Crippen molar-refractivity contribution in [2.45, 2.75) is 37.8 Å². The van der Waals surface area contributed by atoms with E-state index in [-0.39, 0.29) is 17.9 Å². The fraction of sp³-hybridized carbons (Fsp3) is 0.286. The Morgan fingerprint density at radius 1 is 1.25 bits per heavy atom. The number of hydrogen-bond donors (Lipinski definition) is 2. The third kappa shape index (κ3) is 4.41. The van der Waals surface area contributed by atoms with E-state index in [1.54, 1.807) is 6.20 Å². The smallest absolute Gasteiger partial charge is 0.208 e. The van der Waals surface area contributed by atoms with Gasteiger partial charge in [0, 0.05) is 17.3 Å². The molecule has 0 aliphatic heterocycles. The van der Waals surface area contributed by atoms with E-state index >= 15 is 0 Å². The Morgan fingerprint density at radius 2 is 2.07 bits per heavy atom. The number of carbonyl (C=O) groups is 1. The number of thiophene rings is 1. The number of aliphatic hydroxyl groups excluding tert-OH is 1. The highest BCUT2D eigenvalue weighted by molar-refractivity contribution is 7.12. The van der Waals surface area contributed by atoms with E-state index < -0.39 is 0 Å². The summed E-state index contributed by atoms with van der Waals surface area (Å²) in [5, 5.41) is 15.7. The second-order valence-corrected chi connectivity index (χ2v) is 8.39. The predicted octanol–water partition coefficient (Wildman–Crippen LogP) is 4.34. The van der Waals surface area contributed by atoms with Gasteiger partial charge in [-0.3, -0.25) is 4.79 Å². The van der Waals surface area contributed by atoms with Crippen molar-refractivity contribution in [3.8, 4) is 0 Å². The fourth-order valence-corrected chi connectivity index (χ4v) is 4.44. The van der Waals surface area contributed by atoms with Crippen molar-refractivity contribution in [3.05, 3.63) is 74.8 Å². The molecule has 0 bridgehead atoms. The van der Waals surface area contributed by atoms with Crippen LogP contribution in [0.2, 0.25) is 5.02 Å². The predicted molar refractivity (Wildman–Crippen MR) is 111 cm³/mol. The van der Waals surface area contributed by atoms with Gasteiger partial charge in [0.25, 0.3) is 0 Å². The molecule has 1 aromatic carbocycles. The highest BCUT2D eigenvalue weighted by Crippen LogP contribution is 2.27. The molecule has 4 rings (SSSR count). The summed E-state index contributed by atoms with van der Waals surface area (Å²) in [6.07, 6.45) is 5.76. The largest absolute Gasteiger partial charge is 0.393 e. The highest BCUT2D eigenvalue weighted by atomic mass is 35.5. The minimum absolute atomic E-state index is 0.0889. The number of carbonyl (C=O) groups excluding carboxylic acids is 1. The first-order valence-electron chi connectivity index (χ1n) is 9.19. The van der Waals surface area contributed by atoms with Crippen LogP contribution in [0.15, 0.2) is 48.2 Å². The number of halogens is 1. The van der Waals surface area contributed by atoms with E-state index in [0.717, 1.165) is 30.4 Å². The maximum Gasteiger partial charge on any atom is 0.208 e. The third-order valence-corrected chi connectivity index (χ3v) is 6.13. The molecule has 2 heterocycles. The van der Waals surface area contributed by atoms with E-state index in [0.29, 0.717) is 27.7 Å². The molecule has 1 saturated carbocycles. The van der Waals surface area contributed by atoms with Crippen LogP contribution in [0.25, 0.3) is 0 Å². The maximum atomic E-state index is 13.0. The van der Waals surface area contributed by atoms with Gasteiger partial charge in [0.2, 0.25) is 5.78 Å². The SMILES string of the molecule is O=C(c1cc(Cc2ccc(Cl)cc2)cs1)c1cncnc1N[C@@H]1CC[C@H](O)C1. The second kappa shape index (κ2) is 8.39. The molecule has 5 nitrogen and oxygen atoms in total. The summed E-state index contributed by atoms with van der Waals surface area (Å²) >= 11 is 7.37. The van der Waals surface area contributed by atoms with Crippen LogP contribution >= 0.6 is 22.9 Å². The first kappa shape index (κ1) is 19.1. The van der Waals surface area contributed by atoms with Gasteiger partial charge >= 0.3 is 0 Å². The van der Waals surface area contributed by atoms with Crippen LogP contribution in [0.1, 0.15) is 45.6 Å². The van der Waals surface area contributed by atoms with Crippen LogP contribution in [0, 0.1) is 0 Å². The first-order chi connectivity index (χ1) is 13.6. The molecule has 2 N–H and O–H groups in total. The van der Waals surface area contributed by atoms with Crippen LogP contribution < -0.4 is 5.32 Å². The molecule has 2 aromatic heterocycles. The molecule has 1 fully saturated rings. The topological polar surface area (TPSA) is 75.1 Å². The summed E-state index contributed by atoms with van der Waals surface area (Å²) in [7, 11) is 0. The molecule has 0 spiro atoms. The van der Waals surface area contributed by atoms with Crippen molar-refractivity contribution < 1.29 is 9.90 Å². The molecule has 0 saturated heterocycles. The van der Waals surface area contributed by atoms with Gasteiger partial charge in [-0.1, -0.05) is 23.7 Å². The van der Waals surface area contributed by atoms with Gasteiger partial charge in [-0.15, -0.1) is 11.3 Å². The van der Waals surface area contributed by atoms with Crippen LogP contribution in [0.3, 0.4) is 0 Å². The zero-order valence-electron chi connectivity index (χ0n) is 15.1. The van der Waals surface area contributed by atoms with Crippen LogP contribution in [-0.2, 0) is 6.42 Å². The molecule has 0 amide bonds. The number of nitrogens with one attached hydrogen (secondary N) is 1.